The average Bonchev–Trinajstić information content (AvgIpc) is 2.98. The standard InChI is InChI=1S/C22H27NO6/c1-11(6-7-15(24)18-17(26)10-23-21(18)27)8-12(2)19-14(4)20-16(25)9-13(3)22(5,28-19)29-20/h6-9,12,14,19-20,24H,10H2,1-5H3,(H,23,27)/b7-6+,11-8+,18-15+/t12-,14-,19-,20+,22+/m1/s1. The number of carbonyl (C=O) groups is 3. The lowest BCUT2D eigenvalue weighted by atomic mass is 9.82. The van der Waals surface area contributed by atoms with Gasteiger partial charge in [-0.25, -0.2) is 0 Å². The molecule has 156 valence electrons. The van der Waals surface area contributed by atoms with Crippen molar-refractivity contribution in [1.82, 2.24) is 5.32 Å². The molecule has 5 atom stereocenters. The van der Waals surface area contributed by atoms with Gasteiger partial charge in [-0.15, -0.1) is 0 Å². The van der Waals surface area contributed by atoms with Crippen molar-refractivity contribution in [3.63, 3.8) is 0 Å². The van der Waals surface area contributed by atoms with Crippen molar-refractivity contribution in [3.05, 3.63) is 46.8 Å². The van der Waals surface area contributed by atoms with Gasteiger partial charge in [0.1, 0.15) is 17.4 Å². The van der Waals surface area contributed by atoms with Gasteiger partial charge in [-0.1, -0.05) is 31.6 Å². The maximum Gasteiger partial charge on any atom is 0.259 e. The van der Waals surface area contributed by atoms with Crippen LogP contribution in [0.2, 0.25) is 0 Å². The predicted octanol–water partition coefficient (Wildman–Crippen LogP) is 2.30. The van der Waals surface area contributed by atoms with E-state index in [1.807, 2.05) is 40.7 Å². The summed E-state index contributed by atoms with van der Waals surface area (Å²) < 4.78 is 12.2. The monoisotopic (exact) mass is 401 g/mol. The molecule has 2 N–H and O–H groups in total. The van der Waals surface area contributed by atoms with Crippen molar-refractivity contribution < 1.29 is 29.0 Å². The molecule has 3 aliphatic heterocycles. The van der Waals surface area contributed by atoms with Crippen molar-refractivity contribution in [1.29, 1.82) is 0 Å². The van der Waals surface area contributed by atoms with E-state index in [2.05, 4.69) is 5.32 Å². The zero-order valence-corrected chi connectivity index (χ0v) is 17.3. The van der Waals surface area contributed by atoms with Crippen LogP contribution in [0.1, 0.15) is 34.6 Å². The molecule has 0 unspecified atom stereocenters. The Balaban J connectivity index is 1.77. The van der Waals surface area contributed by atoms with E-state index in [0.717, 1.165) is 11.1 Å². The lowest BCUT2D eigenvalue weighted by Crippen LogP contribution is -2.58. The summed E-state index contributed by atoms with van der Waals surface area (Å²) in [5.74, 6) is -2.46. The van der Waals surface area contributed by atoms with Gasteiger partial charge in [0.25, 0.3) is 5.91 Å². The van der Waals surface area contributed by atoms with E-state index in [1.54, 1.807) is 12.2 Å². The highest BCUT2D eigenvalue weighted by atomic mass is 16.7. The molecule has 0 spiro atoms. The van der Waals surface area contributed by atoms with E-state index in [9.17, 15) is 19.5 Å². The molecule has 29 heavy (non-hydrogen) atoms. The first-order valence-corrected chi connectivity index (χ1v) is 9.73. The van der Waals surface area contributed by atoms with E-state index in [1.165, 1.54) is 6.08 Å². The number of aliphatic hydroxyl groups is 1. The third-order valence-corrected chi connectivity index (χ3v) is 5.78. The zero-order chi connectivity index (χ0) is 21.5. The molecular weight excluding hydrogens is 374 g/mol. The molecule has 3 heterocycles. The lowest BCUT2D eigenvalue weighted by Gasteiger charge is -2.49. The number of Topliss-reactive ketones (excluding diaryl/α,β-unsaturated/α-hetero) is 1. The van der Waals surface area contributed by atoms with Gasteiger partial charge in [0, 0.05) is 11.8 Å². The summed E-state index contributed by atoms with van der Waals surface area (Å²) in [4.78, 5) is 35.6. The SMILES string of the molecule is CC1=CC(=O)[C@H]2O[C@]1(C)O[C@H]([C@H](C)/C=C(C)/C=C/C(O)=C1/C(=O)CNC1=O)[C@H]2C. The van der Waals surface area contributed by atoms with E-state index in [-0.39, 0.29) is 41.6 Å². The molecule has 3 aliphatic rings. The van der Waals surface area contributed by atoms with Crippen LogP contribution in [0.15, 0.2) is 46.8 Å². The highest BCUT2D eigenvalue weighted by Gasteiger charge is 2.50. The Bertz CT molecular complexity index is 862. The highest BCUT2D eigenvalue weighted by Crippen LogP contribution is 2.42. The fourth-order valence-electron chi connectivity index (χ4n) is 4.01. The number of nitrogens with one attached hydrogen (secondary N) is 1. The van der Waals surface area contributed by atoms with Gasteiger partial charge in [0.05, 0.1) is 12.6 Å². The van der Waals surface area contributed by atoms with Crippen LogP contribution < -0.4 is 5.32 Å². The lowest BCUT2D eigenvalue weighted by molar-refractivity contribution is -0.309. The quantitative estimate of drug-likeness (QED) is 0.324. The maximum absolute atomic E-state index is 12.3. The van der Waals surface area contributed by atoms with Crippen LogP contribution >= 0.6 is 0 Å². The van der Waals surface area contributed by atoms with Crippen molar-refractivity contribution in [2.24, 2.45) is 11.8 Å². The zero-order valence-electron chi connectivity index (χ0n) is 17.3. The second-order valence-corrected chi connectivity index (χ2v) is 8.12. The molecule has 0 radical (unpaired) electrons. The summed E-state index contributed by atoms with van der Waals surface area (Å²) in [5.41, 5.74) is 1.36. The number of rotatable bonds is 4. The van der Waals surface area contributed by atoms with E-state index < -0.39 is 23.6 Å². The third kappa shape index (κ3) is 3.97. The molecule has 0 aliphatic carbocycles. The largest absolute Gasteiger partial charge is 0.507 e. The van der Waals surface area contributed by atoms with Crippen molar-refractivity contribution in [3.8, 4) is 0 Å². The Morgan fingerprint density at radius 1 is 1.31 bits per heavy atom. The molecule has 0 aromatic carbocycles. The van der Waals surface area contributed by atoms with Gasteiger partial charge in [0.15, 0.2) is 17.4 Å². The Hall–Kier alpha value is -2.51. The molecule has 2 fully saturated rings. The second-order valence-electron chi connectivity index (χ2n) is 8.12. The van der Waals surface area contributed by atoms with Crippen LogP contribution in [0, 0.1) is 11.8 Å². The Morgan fingerprint density at radius 2 is 2.00 bits per heavy atom. The van der Waals surface area contributed by atoms with Crippen LogP contribution in [0.3, 0.4) is 0 Å². The molecule has 3 rings (SSSR count). The van der Waals surface area contributed by atoms with Crippen LogP contribution in [-0.4, -0.2) is 47.1 Å². The van der Waals surface area contributed by atoms with E-state index in [0.29, 0.717) is 0 Å². The average molecular weight is 401 g/mol. The number of ether oxygens (including phenoxy) is 2. The fraction of sp³-hybridized carbons (Fsp3) is 0.500. The van der Waals surface area contributed by atoms with Gasteiger partial charge < -0.3 is 19.9 Å². The number of hydrogen-bond acceptors (Lipinski definition) is 6. The first-order chi connectivity index (χ1) is 13.5. The summed E-state index contributed by atoms with van der Waals surface area (Å²) in [5, 5.41) is 12.4. The van der Waals surface area contributed by atoms with Gasteiger partial charge in [-0.2, -0.15) is 0 Å². The minimum absolute atomic E-state index is 0.0368. The Labute approximate surface area is 170 Å². The van der Waals surface area contributed by atoms with Crippen LogP contribution in [0.5, 0.6) is 0 Å². The molecule has 2 bridgehead atoms. The van der Waals surface area contributed by atoms with Gasteiger partial charge >= 0.3 is 0 Å². The minimum atomic E-state index is -0.916. The minimum Gasteiger partial charge on any atom is -0.507 e. The van der Waals surface area contributed by atoms with Gasteiger partial charge in [0.2, 0.25) is 0 Å². The molecule has 2 saturated heterocycles. The molecule has 0 aromatic rings. The number of amides is 1. The normalized spacial score (nSPS) is 35.6. The Morgan fingerprint density at radius 3 is 2.62 bits per heavy atom. The number of allylic oxidation sites excluding steroid dienone is 3. The molecule has 7 nitrogen and oxygen atoms in total. The maximum atomic E-state index is 12.3. The van der Waals surface area contributed by atoms with E-state index in [4.69, 9.17) is 9.47 Å². The van der Waals surface area contributed by atoms with E-state index >= 15 is 0 Å². The van der Waals surface area contributed by atoms with Crippen LogP contribution in [-0.2, 0) is 23.9 Å². The fourth-order valence-corrected chi connectivity index (χ4v) is 4.01. The number of hydrogen-bond donors (Lipinski definition) is 2. The number of carbonyl (C=O) groups excluding carboxylic acids is 3. The summed E-state index contributed by atoms with van der Waals surface area (Å²) >= 11 is 0. The summed E-state index contributed by atoms with van der Waals surface area (Å²) in [6.45, 7) is 9.35. The first-order valence-electron chi connectivity index (χ1n) is 9.73. The van der Waals surface area contributed by atoms with Crippen molar-refractivity contribution in [2.75, 3.05) is 6.54 Å². The predicted molar refractivity (Wildman–Crippen MR) is 106 cm³/mol. The molecular formula is C22H27NO6. The molecule has 7 heteroatoms. The summed E-state index contributed by atoms with van der Waals surface area (Å²) in [6, 6.07) is 0. The number of aliphatic hydroxyl groups excluding tert-OH is 1. The second kappa shape index (κ2) is 7.72. The van der Waals surface area contributed by atoms with Crippen LogP contribution in [0.4, 0.5) is 0 Å². The van der Waals surface area contributed by atoms with Gasteiger partial charge in [-0.3, -0.25) is 14.4 Å². The van der Waals surface area contributed by atoms with Crippen molar-refractivity contribution >= 4 is 17.5 Å². The Kier molecular flexibility index (Phi) is 5.65. The number of fused-ring (bicyclic) bond motifs is 2. The topological polar surface area (TPSA) is 102 Å². The van der Waals surface area contributed by atoms with Gasteiger partial charge in [-0.05, 0) is 38.5 Å². The van der Waals surface area contributed by atoms with Crippen LogP contribution in [0.25, 0.3) is 0 Å². The molecule has 0 aromatic heterocycles. The molecule has 0 saturated carbocycles. The summed E-state index contributed by atoms with van der Waals surface area (Å²) in [6.07, 6.45) is 5.79. The third-order valence-electron chi connectivity index (χ3n) is 5.78. The first kappa shape index (κ1) is 21.2. The summed E-state index contributed by atoms with van der Waals surface area (Å²) in [7, 11) is 0. The molecule has 1 amide bonds. The van der Waals surface area contributed by atoms with Crippen molar-refractivity contribution in [2.45, 2.75) is 52.6 Å². The number of ketones is 2. The highest BCUT2D eigenvalue weighted by molar-refractivity contribution is 6.25. The smallest absolute Gasteiger partial charge is 0.259 e.